The molecule has 0 atom stereocenters. The molecule has 2 nitrogen and oxygen atoms in total. The molecule has 0 unspecified atom stereocenters. The zero-order valence-electron chi connectivity index (χ0n) is 8.42. The van der Waals surface area contributed by atoms with Crippen LogP contribution in [0.2, 0.25) is 0 Å². The van der Waals surface area contributed by atoms with E-state index in [4.69, 9.17) is 9.90 Å². The molecule has 0 fully saturated rings. The van der Waals surface area contributed by atoms with Gasteiger partial charge in [0, 0.05) is 0 Å². The third kappa shape index (κ3) is 15.1. The van der Waals surface area contributed by atoms with Gasteiger partial charge in [0.2, 0.25) is 0 Å². The zero-order valence-corrected chi connectivity index (χ0v) is 11.0. The van der Waals surface area contributed by atoms with Gasteiger partial charge in [0.1, 0.15) is 5.56 Å². The van der Waals surface area contributed by atoms with Crippen LogP contribution >= 0.6 is 0 Å². The van der Waals surface area contributed by atoms with E-state index in [1.807, 2.05) is 19.1 Å². The molecular weight excluding hydrogens is 364 g/mol. The average Bonchev–Trinajstić information content (AvgIpc) is 1.98. The van der Waals surface area contributed by atoms with Crippen LogP contribution in [0.1, 0.15) is 11.1 Å². The standard InChI is InChI=1S/C8H8O2.6FH.Sb/c1-6-2-4-7(5-3-6)8(9)10;;;;;;;/h2-5H,1H3,(H,9,10);6*1H;/q;;;;;;;+5/p-5. The molecule has 0 spiro atoms. The molecule has 0 bridgehead atoms. The van der Waals surface area contributed by atoms with Crippen LogP contribution in [0.4, 0.5) is 16.9 Å². The van der Waals surface area contributed by atoms with Gasteiger partial charge in [0.05, 0.1) is 0 Å². The summed E-state index contributed by atoms with van der Waals surface area (Å²) in [6, 6.07) is 6.96. The molecule has 0 heterocycles. The summed E-state index contributed by atoms with van der Waals surface area (Å²) in [5.41, 5.74) is 1.55. The fourth-order valence-corrected chi connectivity index (χ4v) is 0.703. The Bertz CT molecular complexity index is 395. The van der Waals surface area contributed by atoms with Gasteiger partial charge < -0.3 is 9.90 Å². The molecule has 0 aliphatic heterocycles. The van der Waals surface area contributed by atoms with Crippen LogP contribution in [0.15, 0.2) is 24.3 Å². The molecule has 0 aliphatic rings. The third-order valence-electron chi connectivity index (χ3n) is 1.31. The van der Waals surface area contributed by atoms with Crippen molar-refractivity contribution in [1.29, 1.82) is 0 Å². The SMILES string of the molecule is Cc1ccc(C(O)=[OH+])cc1.[F][Sb-]([F])([F])([F])([F])[F]. The first-order chi connectivity index (χ1) is 7.15. The molecule has 0 saturated heterocycles. The second-order valence-electron chi connectivity index (χ2n) is 3.15. The Labute approximate surface area is 94.8 Å². The van der Waals surface area contributed by atoms with Gasteiger partial charge in [0.25, 0.3) is 0 Å². The first kappa shape index (κ1) is 16.1. The van der Waals surface area contributed by atoms with E-state index in [1.165, 1.54) is 0 Å². The Kier molecular flexibility index (Phi) is 3.86. The van der Waals surface area contributed by atoms with E-state index in [-0.39, 0.29) is 0 Å². The fourth-order valence-electron chi connectivity index (χ4n) is 0.703. The second-order valence-corrected chi connectivity index (χ2v) is 8.62. The van der Waals surface area contributed by atoms with Crippen LogP contribution in [-0.4, -0.2) is 35.3 Å². The Morgan fingerprint density at radius 1 is 1.00 bits per heavy atom. The summed E-state index contributed by atoms with van der Waals surface area (Å²) in [5, 5.41) is 8.59. The van der Waals surface area contributed by atoms with Gasteiger partial charge in [-0.25, -0.2) is 0 Å². The van der Waals surface area contributed by atoms with Crippen molar-refractivity contribution < 1.29 is 26.8 Å². The number of halogens is 6. The van der Waals surface area contributed by atoms with E-state index in [2.05, 4.69) is 0 Å². The zero-order chi connectivity index (χ0) is 14.0. The first-order valence-electron chi connectivity index (χ1n) is 4.03. The van der Waals surface area contributed by atoms with Crippen LogP contribution in [0, 0.1) is 6.92 Å². The maximum atomic E-state index is 9.93. The van der Waals surface area contributed by atoms with Gasteiger partial charge in [-0.2, -0.15) is 0 Å². The molecule has 0 aromatic heterocycles. The van der Waals surface area contributed by atoms with Crippen molar-refractivity contribution >= 4 is 25.4 Å². The number of carboxylic acid groups (broad SMARTS) is 1. The van der Waals surface area contributed by atoms with E-state index in [0.717, 1.165) is 5.56 Å². The molecule has 0 radical (unpaired) electrons. The minimum absolute atomic E-state index is 0.450. The van der Waals surface area contributed by atoms with Crippen LogP contribution in [-0.2, 0) is 0 Å². The normalized spacial score (nSPS) is 15.0. The van der Waals surface area contributed by atoms with Gasteiger partial charge >= 0.3 is 42.3 Å². The number of rotatable bonds is 1. The van der Waals surface area contributed by atoms with Crippen molar-refractivity contribution in [3.05, 3.63) is 35.4 Å². The molecule has 2 N–H and O–H groups in total. The monoisotopic (exact) mass is 372 g/mol. The summed E-state index contributed by atoms with van der Waals surface area (Å²) in [7, 11) is 0. The van der Waals surface area contributed by atoms with E-state index in [9.17, 15) is 16.9 Å². The van der Waals surface area contributed by atoms with Gasteiger partial charge in [-0.3, -0.25) is 0 Å². The summed E-state index contributed by atoms with van der Waals surface area (Å²) >= 11 is -11.2. The van der Waals surface area contributed by atoms with Crippen molar-refractivity contribution in [2.45, 2.75) is 6.92 Å². The summed E-state index contributed by atoms with van der Waals surface area (Å²) in [6.45, 7) is 1.94. The Morgan fingerprint density at radius 3 is 1.53 bits per heavy atom. The summed E-state index contributed by atoms with van der Waals surface area (Å²) in [4.78, 5) is 8.59. The Morgan fingerprint density at radius 2 is 1.29 bits per heavy atom. The maximum absolute atomic E-state index is 11.2. The number of hydrogen-bond acceptors (Lipinski definition) is 0. The molecule has 100 valence electrons. The Balaban J connectivity index is 0.000000325. The van der Waals surface area contributed by atoms with Crippen LogP contribution in [0.25, 0.3) is 0 Å². The Hall–Kier alpha value is -0.912. The van der Waals surface area contributed by atoms with Gasteiger partial charge in [-0.15, -0.1) is 0 Å². The summed E-state index contributed by atoms with van der Waals surface area (Å²) in [5.74, 6) is -0.625. The quantitative estimate of drug-likeness (QED) is 0.457. The van der Waals surface area contributed by atoms with Crippen molar-refractivity contribution in [1.82, 2.24) is 0 Å². The number of aryl methyl sites for hydroxylation is 1. The summed E-state index contributed by atoms with van der Waals surface area (Å²) < 4.78 is 59.6. The fraction of sp³-hybridized carbons (Fsp3) is 0.125. The molecule has 1 aromatic rings. The van der Waals surface area contributed by atoms with Crippen LogP contribution in [0.3, 0.4) is 0 Å². The second kappa shape index (κ2) is 4.08. The molecule has 0 aliphatic carbocycles. The number of hydrogen-bond donors (Lipinski definition) is 1. The predicted octanol–water partition coefficient (Wildman–Crippen LogP) is 3.54. The minimum atomic E-state index is -11.2. The average molecular weight is 373 g/mol. The predicted molar refractivity (Wildman–Crippen MR) is 52.3 cm³/mol. The topological polar surface area (TPSA) is 41.6 Å². The van der Waals surface area contributed by atoms with E-state index < -0.39 is 25.4 Å². The van der Waals surface area contributed by atoms with Crippen LogP contribution < -0.4 is 0 Å². The molecule has 0 amide bonds. The molecular formula is C8H9F6O2Sb. The molecule has 1 aromatic carbocycles. The molecule has 17 heavy (non-hydrogen) atoms. The van der Waals surface area contributed by atoms with Crippen molar-refractivity contribution in [3.63, 3.8) is 0 Å². The van der Waals surface area contributed by atoms with Crippen LogP contribution in [0.5, 0.6) is 0 Å². The van der Waals surface area contributed by atoms with Gasteiger partial charge in [-0.05, 0) is 19.1 Å². The van der Waals surface area contributed by atoms with E-state index in [0.29, 0.717) is 5.56 Å². The van der Waals surface area contributed by atoms with Gasteiger partial charge in [-0.1, -0.05) is 17.7 Å². The number of aliphatic hydroxyl groups excluding tert-OH is 1. The van der Waals surface area contributed by atoms with Crippen molar-refractivity contribution in [3.8, 4) is 0 Å². The number of benzene rings is 1. The van der Waals surface area contributed by atoms with Crippen molar-refractivity contribution in [2.24, 2.45) is 0 Å². The summed E-state index contributed by atoms with van der Waals surface area (Å²) in [6.07, 6.45) is 0. The first-order valence-corrected chi connectivity index (χ1v) is 9.82. The molecule has 0 saturated carbocycles. The molecule has 9 heteroatoms. The van der Waals surface area contributed by atoms with Gasteiger partial charge in [0.15, 0.2) is 0 Å². The van der Waals surface area contributed by atoms with Crippen molar-refractivity contribution in [2.75, 3.05) is 0 Å². The molecule has 1 rings (SSSR count). The van der Waals surface area contributed by atoms with E-state index in [1.54, 1.807) is 12.1 Å². The number of carboxylic acids is 1. The number of aromatic carboxylic acids is 1. The third-order valence-corrected chi connectivity index (χ3v) is 1.31. The van der Waals surface area contributed by atoms with E-state index >= 15 is 0 Å².